The van der Waals surface area contributed by atoms with Crippen molar-refractivity contribution in [2.75, 3.05) is 6.79 Å². The second-order valence-corrected chi connectivity index (χ2v) is 8.32. The SMILES string of the molecule is CCCCCCCc1cc(O)ccc1-c1ccc(OOCO)cc1CCCCCCC. The van der Waals surface area contributed by atoms with Gasteiger partial charge in [-0.1, -0.05) is 77.3 Å². The monoisotopic (exact) mass is 428 g/mol. The number of aliphatic hydroxyl groups excluding tert-OH is 1. The van der Waals surface area contributed by atoms with Crippen molar-refractivity contribution in [3.63, 3.8) is 0 Å². The van der Waals surface area contributed by atoms with Gasteiger partial charge in [-0.15, -0.1) is 0 Å². The fourth-order valence-corrected chi connectivity index (χ4v) is 4.07. The summed E-state index contributed by atoms with van der Waals surface area (Å²) in [5, 5.41) is 19.0. The lowest BCUT2D eigenvalue weighted by molar-refractivity contribution is -0.253. The molecule has 0 radical (unpaired) electrons. The Balaban J connectivity index is 2.23. The number of benzene rings is 2. The number of aromatic hydroxyl groups is 1. The lowest BCUT2D eigenvalue weighted by Gasteiger charge is -2.16. The minimum Gasteiger partial charge on any atom is -0.508 e. The molecule has 0 atom stereocenters. The Morgan fingerprint density at radius 1 is 0.677 bits per heavy atom. The second kappa shape index (κ2) is 14.9. The van der Waals surface area contributed by atoms with E-state index in [4.69, 9.17) is 14.9 Å². The second-order valence-electron chi connectivity index (χ2n) is 8.32. The van der Waals surface area contributed by atoms with Crippen LogP contribution < -0.4 is 4.89 Å². The molecule has 172 valence electrons. The summed E-state index contributed by atoms with van der Waals surface area (Å²) < 4.78 is 0. The number of hydrogen-bond acceptors (Lipinski definition) is 4. The first-order chi connectivity index (χ1) is 15.2. The van der Waals surface area contributed by atoms with Gasteiger partial charge in [-0.2, -0.15) is 4.89 Å². The fourth-order valence-electron chi connectivity index (χ4n) is 4.07. The molecule has 0 bridgehead atoms. The molecule has 2 N–H and O–H groups in total. The number of phenolic OH excluding ortho intramolecular Hbond substituents is 1. The molecule has 31 heavy (non-hydrogen) atoms. The van der Waals surface area contributed by atoms with Crippen LogP contribution in [0, 0.1) is 0 Å². The minimum absolute atomic E-state index is 0.324. The van der Waals surface area contributed by atoms with Crippen molar-refractivity contribution in [3.05, 3.63) is 47.5 Å². The Hall–Kier alpha value is -2.04. The Kier molecular flexibility index (Phi) is 12.1. The largest absolute Gasteiger partial charge is 0.508 e. The number of aliphatic hydroxyl groups is 1. The quantitative estimate of drug-likeness (QED) is 0.127. The Bertz CT molecular complexity index is 757. The van der Waals surface area contributed by atoms with Crippen LogP contribution in [0.5, 0.6) is 11.5 Å². The molecule has 4 heteroatoms. The van der Waals surface area contributed by atoms with Gasteiger partial charge in [0.05, 0.1) is 0 Å². The predicted molar refractivity (Wildman–Crippen MR) is 127 cm³/mol. The molecule has 0 heterocycles. The number of aryl methyl sites for hydroxylation is 2. The number of hydrogen-bond donors (Lipinski definition) is 2. The van der Waals surface area contributed by atoms with E-state index < -0.39 is 6.79 Å². The van der Waals surface area contributed by atoms with Gasteiger partial charge in [0.2, 0.25) is 0 Å². The first kappa shape index (κ1) is 25.2. The number of phenols is 1. The van der Waals surface area contributed by atoms with Crippen molar-refractivity contribution >= 4 is 0 Å². The third-order valence-corrected chi connectivity index (χ3v) is 5.76. The van der Waals surface area contributed by atoms with Crippen LogP contribution in [0.2, 0.25) is 0 Å². The summed E-state index contributed by atoms with van der Waals surface area (Å²) in [5.41, 5.74) is 4.79. The van der Waals surface area contributed by atoms with Crippen molar-refractivity contribution < 1.29 is 20.0 Å². The average molecular weight is 429 g/mol. The predicted octanol–water partition coefficient (Wildman–Crippen LogP) is 7.35. The molecule has 0 fully saturated rings. The molecule has 0 aliphatic heterocycles. The summed E-state index contributed by atoms with van der Waals surface area (Å²) >= 11 is 0. The molecule has 0 aliphatic carbocycles. The molecule has 0 spiro atoms. The van der Waals surface area contributed by atoms with Gasteiger partial charge in [-0.25, -0.2) is 0 Å². The van der Waals surface area contributed by atoms with Gasteiger partial charge in [0.1, 0.15) is 5.75 Å². The minimum atomic E-state index is -0.478. The first-order valence-corrected chi connectivity index (χ1v) is 12.0. The Morgan fingerprint density at radius 3 is 1.81 bits per heavy atom. The molecule has 0 amide bonds. The highest BCUT2D eigenvalue weighted by Crippen LogP contribution is 2.34. The smallest absolute Gasteiger partial charge is 0.189 e. The van der Waals surface area contributed by atoms with Gasteiger partial charge in [0.15, 0.2) is 12.5 Å². The zero-order valence-electron chi connectivity index (χ0n) is 19.4. The molecule has 2 rings (SSSR count). The van der Waals surface area contributed by atoms with Crippen LogP contribution in [0.4, 0.5) is 0 Å². The normalized spacial score (nSPS) is 11.1. The van der Waals surface area contributed by atoms with Crippen LogP contribution in [0.1, 0.15) is 89.2 Å². The molecular weight excluding hydrogens is 388 g/mol. The molecule has 2 aromatic carbocycles. The summed E-state index contributed by atoms with van der Waals surface area (Å²) in [6.45, 7) is 3.99. The third kappa shape index (κ3) is 8.92. The standard InChI is InChI=1S/C27H40O4/c1-3-5-7-9-11-13-22-19-24(29)15-17-26(22)27-18-16-25(31-30-21-28)20-23(27)14-12-10-8-6-4-2/h15-20,28-29H,3-14,21H2,1-2H3. The van der Waals surface area contributed by atoms with Crippen LogP contribution in [-0.2, 0) is 17.7 Å². The van der Waals surface area contributed by atoms with Gasteiger partial charge in [0.25, 0.3) is 0 Å². The summed E-state index contributed by atoms with van der Waals surface area (Å²) in [4.78, 5) is 9.92. The maximum Gasteiger partial charge on any atom is 0.189 e. The highest BCUT2D eigenvalue weighted by atomic mass is 17.2. The van der Waals surface area contributed by atoms with Crippen molar-refractivity contribution in [2.45, 2.75) is 90.9 Å². The molecule has 0 aliphatic rings. The van der Waals surface area contributed by atoms with E-state index in [2.05, 4.69) is 19.9 Å². The Labute approximate surface area is 188 Å². The summed E-state index contributed by atoms with van der Waals surface area (Å²) in [5.74, 6) is 0.922. The molecule has 0 saturated carbocycles. The zero-order chi connectivity index (χ0) is 22.3. The first-order valence-electron chi connectivity index (χ1n) is 12.0. The fraction of sp³-hybridized carbons (Fsp3) is 0.556. The van der Waals surface area contributed by atoms with Crippen molar-refractivity contribution in [3.8, 4) is 22.6 Å². The van der Waals surface area contributed by atoms with E-state index in [9.17, 15) is 5.11 Å². The topological polar surface area (TPSA) is 58.9 Å². The molecule has 0 aromatic heterocycles. The zero-order valence-corrected chi connectivity index (χ0v) is 19.4. The van der Waals surface area contributed by atoms with Crippen molar-refractivity contribution in [1.82, 2.24) is 0 Å². The van der Waals surface area contributed by atoms with Crippen LogP contribution in [0.3, 0.4) is 0 Å². The van der Waals surface area contributed by atoms with Crippen LogP contribution in [0.25, 0.3) is 11.1 Å². The van der Waals surface area contributed by atoms with E-state index in [0.29, 0.717) is 11.5 Å². The van der Waals surface area contributed by atoms with E-state index in [1.807, 2.05) is 24.3 Å². The van der Waals surface area contributed by atoms with Gasteiger partial charge in [0, 0.05) is 0 Å². The molecule has 0 unspecified atom stereocenters. The van der Waals surface area contributed by atoms with Crippen molar-refractivity contribution in [2.24, 2.45) is 0 Å². The van der Waals surface area contributed by atoms with Gasteiger partial charge in [-0.05, 0) is 72.2 Å². The van der Waals surface area contributed by atoms with E-state index in [1.54, 1.807) is 6.07 Å². The van der Waals surface area contributed by atoms with Crippen LogP contribution in [0.15, 0.2) is 36.4 Å². The maximum atomic E-state index is 10.1. The van der Waals surface area contributed by atoms with E-state index >= 15 is 0 Å². The molecule has 0 saturated heterocycles. The highest BCUT2D eigenvalue weighted by Gasteiger charge is 2.13. The summed E-state index contributed by atoms with van der Waals surface area (Å²) in [6.07, 6.45) is 14.2. The molecular formula is C27H40O4. The lowest BCUT2D eigenvalue weighted by atomic mass is 9.90. The van der Waals surface area contributed by atoms with Gasteiger partial charge < -0.3 is 15.1 Å². The average Bonchev–Trinajstić information content (AvgIpc) is 2.78. The van der Waals surface area contributed by atoms with E-state index in [1.165, 1.54) is 73.6 Å². The number of rotatable bonds is 16. The van der Waals surface area contributed by atoms with Gasteiger partial charge in [-0.3, -0.25) is 0 Å². The Morgan fingerprint density at radius 2 is 1.23 bits per heavy atom. The maximum absolute atomic E-state index is 10.1. The van der Waals surface area contributed by atoms with Gasteiger partial charge >= 0.3 is 0 Å². The summed E-state index contributed by atoms with van der Waals surface area (Å²) in [7, 11) is 0. The summed E-state index contributed by atoms with van der Waals surface area (Å²) in [6, 6.07) is 11.7. The van der Waals surface area contributed by atoms with Crippen molar-refractivity contribution in [1.29, 1.82) is 0 Å². The third-order valence-electron chi connectivity index (χ3n) is 5.76. The van der Waals surface area contributed by atoms with Crippen LogP contribution in [-0.4, -0.2) is 17.0 Å². The van der Waals surface area contributed by atoms with E-state index in [-0.39, 0.29) is 0 Å². The number of unbranched alkanes of at least 4 members (excludes halogenated alkanes) is 8. The molecule has 4 nitrogen and oxygen atoms in total. The van der Waals surface area contributed by atoms with Crippen LogP contribution >= 0.6 is 0 Å². The molecule has 2 aromatic rings. The highest BCUT2D eigenvalue weighted by molar-refractivity contribution is 5.72. The van der Waals surface area contributed by atoms with E-state index in [0.717, 1.165) is 25.7 Å². The lowest BCUT2D eigenvalue weighted by Crippen LogP contribution is -2.00.